The second-order valence-electron chi connectivity index (χ2n) is 6.01. The molecule has 0 fully saturated rings. The van der Waals surface area contributed by atoms with Gasteiger partial charge in [0.2, 0.25) is 0 Å². The van der Waals surface area contributed by atoms with Gasteiger partial charge in [0.1, 0.15) is 0 Å². The lowest BCUT2D eigenvalue weighted by atomic mass is 10.1. The van der Waals surface area contributed by atoms with Crippen LogP contribution in [0, 0.1) is 6.92 Å². The molecule has 0 unspecified atom stereocenters. The Morgan fingerprint density at radius 3 is 2.32 bits per heavy atom. The summed E-state index contributed by atoms with van der Waals surface area (Å²) in [4.78, 5) is 4.45. The Kier molecular flexibility index (Phi) is 5.38. The predicted octanol–water partition coefficient (Wildman–Crippen LogP) is 5.09. The summed E-state index contributed by atoms with van der Waals surface area (Å²) in [6.07, 6.45) is 1.67. The third-order valence-electron chi connectivity index (χ3n) is 3.21. The summed E-state index contributed by atoms with van der Waals surface area (Å²) in [6.45, 7) is 9.46. The Balaban J connectivity index is 2.46. The molecule has 22 heavy (non-hydrogen) atoms. The van der Waals surface area contributed by atoms with Crippen molar-refractivity contribution in [2.75, 3.05) is 0 Å². The van der Waals surface area contributed by atoms with E-state index >= 15 is 0 Å². The van der Waals surface area contributed by atoms with Crippen LogP contribution in [0.4, 0.5) is 0 Å². The lowest BCUT2D eigenvalue weighted by Crippen LogP contribution is -2.10. The van der Waals surface area contributed by atoms with Crippen molar-refractivity contribution < 1.29 is 13.6 Å². The Labute approximate surface area is 132 Å². The van der Waals surface area contributed by atoms with Gasteiger partial charge in [-0.3, -0.25) is 9.55 Å². The first kappa shape index (κ1) is 17.1. The Morgan fingerprint density at radius 2 is 1.73 bits per heavy atom. The summed E-state index contributed by atoms with van der Waals surface area (Å²) < 4.78 is 24.5. The third-order valence-corrected chi connectivity index (χ3v) is 5.40. The molecule has 2 aromatic rings. The van der Waals surface area contributed by atoms with E-state index in [0.717, 1.165) is 22.0 Å². The van der Waals surface area contributed by atoms with Crippen LogP contribution < -0.4 is 0 Å². The zero-order valence-corrected chi connectivity index (χ0v) is 14.8. The molecule has 5 heteroatoms. The maximum absolute atomic E-state index is 13.1. The van der Waals surface area contributed by atoms with Crippen LogP contribution in [-0.2, 0) is 19.8 Å². The summed E-state index contributed by atoms with van der Waals surface area (Å²) in [6, 6.07) is 7.95. The molecule has 0 spiro atoms. The van der Waals surface area contributed by atoms with E-state index in [9.17, 15) is 4.57 Å². The van der Waals surface area contributed by atoms with E-state index in [1.54, 1.807) is 6.20 Å². The largest absolute Gasteiger partial charge is 0.335 e. The monoisotopic (exact) mass is 321 g/mol. The van der Waals surface area contributed by atoms with E-state index in [-0.39, 0.29) is 18.4 Å². The topological polar surface area (TPSA) is 48.4 Å². The van der Waals surface area contributed by atoms with Crippen LogP contribution in [0.25, 0.3) is 10.9 Å². The molecule has 0 radical (unpaired) electrons. The van der Waals surface area contributed by atoms with Crippen molar-refractivity contribution in [1.29, 1.82) is 0 Å². The molecule has 0 saturated heterocycles. The Bertz CT molecular complexity index is 683. The number of aryl methyl sites for hydroxylation is 1. The standard InChI is InChI=1S/C17H24NO3P/c1-12(2)20-22(19,21-13(3)4)11-16-14(5)8-9-15-7-6-10-18-17(15)16/h6-10,12-13H,11H2,1-5H3. The number of nitrogens with zero attached hydrogens (tertiary/aromatic N) is 1. The van der Waals surface area contributed by atoms with Gasteiger partial charge in [0.15, 0.2) is 0 Å². The minimum atomic E-state index is -3.22. The van der Waals surface area contributed by atoms with Crippen LogP contribution in [0.15, 0.2) is 30.5 Å². The molecule has 0 bridgehead atoms. The van der Waals surface area contributed by atoms with Crippen LogP contribution in [0.1, 0.15) is 38.8 Å². The summed E-state index contributed by atoms with van der Waals surface area (Å²) in [5.41, 5.74) is 2.84. The summed E-state index contributed by atoms with van der Waals surface area (Å²) >= 11 is 0. The van der Waals surface area contributed by atoms with Gasteiger partial charge in [-0.25, -0.2) is 0 Å². The zero-order chi connectivity index (χ0) is 16.3. The highest BCUT2D eigenvalue weighted by atomic mass is 31.2. The molecule has 0 aliphatic heterocycles. The Morgan fingerprint density at radius 1 is 1.09 bits per heavy atom. The molecule has 0 saturated carbocycles. The molecule has 4 nitrogen and oxygen atoms in total. The van der Waals surface area contributed by atoms with Gasteiger partial charge in [-0.1, -0.05) is 18.2 Å². The first-order valence-electron chi connectivity index (χ1n) is 7.60. The molecule has 2 rings (SSSR count). The van der Waals surface area contributed by atoms with Crippen LogP contribution in [-0.4, -0.2) is 17.2 Å². The number of hydrogen-bond donors (Lipinski definition) is 0. The Hall–Kier alpha value is -1.22. The van der Waals surface area contributed by atoms with Crippen molar-refractivity contribution in [1.82, 2.24) is 4.98 Å². The first-order valence-corrected chi connectivity index (χ1v) is 9.32. The summed E-state index contributed by atoms with van der Waals surface area (Å²) in [5.74, 6) is 0. The number of hydrogen-bond acceptors (Lipinski definition) is 4. The van der Waals surface area contributed by atoms with Gasteiger partial charge in [0.05, 0.1) is 23.9 Å². The van der Waals surface area contributed by atoms with Gasteiger partial charge in [-0.05, 0) is 51.8 Å². The predicted molar refractivity (Wildman–Crippen MR) is 90.2 cm³/mol. The number of fused-ring (bicyclic) bond motifs is 1. The fourth-order valence-corrected chi connectivity index (χ4v) is 4.71. The van der Waals surface area contributed by atoms with E-state index in [0.29, 0.717) is 0 Å². The van der Waals surface area contributed by atoms with Crippen LogP contribution in [0.5, 0.6) is 0 Å². The number of benzene rings is 1. The number of pyridine rings is 1. The van der Waals surface area contributed by atoms with Crippen molar-refractivity contribution in [3.63, 3.8) is 0 Å². The molecule has 0 N–H and O–H groups in total. The molecular weight excluding hydrogens is 297 g/mol. The molecule has 0 amide bonds. The first-order chi connectivity index (χ1) is 10.3. The molecule has 120 valence electrons. The quantitative estimate of drug-likeness (QED) is 0.696. The maximum atomic E-state index is 13.1. The lowest BCUT2D eigenvalue weighted by Gasteiger charge is -2.24. The molecular formula is C17H24NO3P. The van der Waals surface area contributed by atoms with Crippen LogP contribution in [0.2, 0.25) is 0 Å². The van der Waals surface area contributed by atoms with Crippen molar-refractivity contribution in [3.8, 4) is 0 Å². The second-order valence-corrected chi connectivity index (χ2v) is 7.97. The van der Waals surface area contributed by atoms with E-state index in [1.165, 1.54) is 0 Å². The molecule has 1 aromatic carbocycles. The van der Waals surface area contributed by atoms with E-state index in [1.807, 2.05) is 58.9 Å². The third kappa shape index (κ3) is 4.16. The van der Waals surface area contributed by atoms with E-state index < -0.39 is 7.60 Å². The zero-order valence-electron chi connectivity index (χ0n) is 13.9. The molecule has 1 aromatic heterocycles. The number of rotatable bonds is 6. The van der Waals surface area contributed by atoms with E-state index in [4.69, 9.17) is 9.05 Å². The summed E-state index contributed by atoms with van der Waals surface area (Å²) in [7, 11) is -3.22. The molecule has 0 atom stereocenters. The van der Waals surface area contributed by atoms with Crippen LogP contribution in [0.3, 0.4) is 0 Å². The fraction of sp³-hybridized carbons (Fsp3) is 0.471. The highest BCUT2D eigenvalue weighted by Gasteiger charge is 2.29. The average molecular weight is 321 g/mol. The van der Waals surface area contributed by atoms with Gasteiger partial charge in [0, 0.05) is 11.6 Å². The minimum absolute atomic E-state index is 0.159. The molecule has 1 heterocycles. The molecule has 0 aliphatic rings. The highest BCUT2D eigenvalue weighted by Crippen LogP contribution is 2.54. The van der Waals surface area contributed by atoms with Gasteiger partial charge < -0.3 is 9.05 Å². The number of aromatic nitrogens is 1. The van der Waals surface area contributed by atoms with E-state index in [2.05, 4.69) is 4.98 Å². The van der Waals surface area contributed by atoms with Gasteiger partial charge >= 0.3 is 7.60 Å². The lowest BCUT2D eigenvalue weighted by molar-refractivity contribution is 0.141. The average Bonchev–Trinajstić information content (AvgIpc) is 2.40. The SMILES string of the molecule is Cc1ccc2cccnc2c1CP(=O)(OC(C)C)OC(C)C. The van der Waals surface area contributed by atoms with Gasteiger partial charge in [-0.15, -0.1) is 0 Å². The minimum Gasteiger partial charge on any atom is -0.306 e. The van der Waals surface area contributed by atoms with Crippen molar-refractivity contribution in [3.05, 3.63) is 41.6 Å². The normalized spacial score (nSPS) is 12.5. The maximum Gasteiger partial charge on any atom is 0.335 e. The summed E-state index contributed by atoms with van der Waals surface area (Å²) in [5, 5.41) is 1.03. The van der Waals surface area contributed by atoms with Gasteiger partial charge in [-0.2, -0.15) is 0 Å². The van der Waals surface area contributed by atoms with Crippen molar-refractivity contribution >= 4 is 18.5 Å². The molecule has 0 aliphatic carbocycles. The highest BCUT2D eigenvalue weighted by molar-refractivity contribution is 7.53. The van der Waals surface area contributed by atoms with Crippen molar-refractivity contribution in [2.45, 2.75) is 53.0 Å². The second kappa shape index (κ2) is 6.91. The van der Waals surface area contributed by atoms with Gasteiger partial charge in [0.25, 0.3) is 0 Å². The fourth-order valence-electron chi connectivity index (χ4n) is 2.44. The smallest absolute Gasteiger partial charge is 0.306 e. The van der Waals surface area contributed by atoms with Crippen molar-refractivity contribution in [2.24, 2.45) is 0 Å². The van der Waals surface area contributed by atoms with Crippen LogP contribution >= 0.6 is 7.60 Å².